The van der Waals surface area contributed by atoms with Crippen LogP contribution in [0.5, 0.6) is 0 Å². The molecule has 2 rings (SSSR count). The first-order valence-corrected chi connectivity index (χ1v) is 10.3. The average molecular weight is 460 g/mol. The van der Waals surface area contributed by atoms with Gasteiger partial charge in [-0.05, 0) is 53.4 Å². The van der Waals surface area contributed by atoms with Gasteiger partial charge in [0.05, 0.1) is 5.02 Å². The summed E-state index contributed by atoms with van der Waals surface area (Å²) in [5, 5.41) is 6.08. The van der Waals surface area contributed by atoms with E-state index >= 15 is 0 Å². The smallest absolute Gasteiger partial charge is 0.306 e. The number of carbonyl (C=O) groups is 3. The minimum atomic E-state index is -0.496. The molecule has 2 amide bonds. The third-order valence-electron chi connectivity index (χ3n) is 4.32. The van der Waals surface area contributed by atoms with Gasteiger partial charge < -0.3 is 15.4 Å². The van der Waals surface area contributed by atoms with Crippen LogP contribution >= 0.6 is 27.5 Å². The lowest BCUT2D eigenvalue weighted by Gasteiger charge is -2.22. The standard InChI is InChI=1S/C19H24BrClN2O4/c20-15-10-9-14(11-16(15)21)23-18(25)12-27-19(26)8-4-7-17(24)22-13-5-2-1-3-6-13/h9-11,13H,1-8,12H2,(H,22,24)(H,23,25). The molecule has 2 N–H and O–H groups in total. The molecule has 1 saturated carbocycles. The zero-order valence-corrected chi connectivity index (χ0v) is 17.4. The molecule has 0 aromatic heterocycles. The Morgan fingerprint density at radius 3 is 2.56 bits per heavy atom. The van der Waals surface area contributed by atoms with Gasteiger partial charge in [-0.3, -0.25) is 14.4 Å². The first kappa shape index (κ1) is 21.7. The van der Waals surface area contributed by atoms with Gasteiger partial charge in [0.15, 0.2) is 6.61 Å². The molecule has 6 nitrogen and oxygen atoms in total. The average Bonchev–Trinajstić information content (AvgIpc) is 2.64. The molecule has 0 atom stereocenters. The van der Waals surface area contributed by atoms with Crippen LogP contribution in [0.4, 0.5) is 5.69 Å². The van der Waals surface area contributed by atoms with Crippen LogP contribution < -0.4 is 10.6 Å². The molecule has 1 aliphatic carbocycles. The maximum absolute atomic E-state index is 11.9. The van der Waals surface area contributed by atoms with E-state index in [-0.39, 0.29) is 31.4 Å². The van der Waals surface area contributed by atoms with E-state index in [2.05, 4.69) is 26.6 Å². The van der Waals surface area contributed by atoms with Crippen molar-refractivity contribution >= 4 is 51.0 Å². The number of hydrogen-bond donors (Lipinski definition) is 2. The van der Waals surface area contributed by atoms with Gasteiger partial charge in [0, 0.05) is 29.0 Å². The zero-order chi connectivity index (χ0) is 19.6. The van der Waals surface area contributed by atoms with Gasteiger partial charge in [0.2, 0.25) is 5.91 Å². The van der Waals surface area contributed by atoms with E-state index in [1.54, 1.807) is 18.2 Å². The van der Waals surface area contributed by atoms with Gasteiger partial charge in [-0.15, -0.1) is 0 Å². The van der Waals surface area contributed by atoms with E-state index in [9.17, 15) is 14.4 Å². The summed E-state index contributed by atoms with van der Waals surface area (Å²) < 4.78 is 5.66. The van der Waals surface area contributed by atoms with Crippen LogP contribution in [0.25, 0.3) is 0 Å². The number of esters is 1. The van der Waals surface area contributed by atoms with E-state index in [0.717, 1.165) is 30.2 Å². The van der Waals surface area contributed by atoms with Gasteiger partial charge in [-0.2, -0.15) is 0 Å². The summed E-state index contributed by atoms with van der Waals surface area (Å²) in [4.78, 5) is 35.4. The summed E-state index contributed by atoms with van der Waals surface area (Å²) >= 11 is 9.22. The first-order chi connectivity index (χ1) is 12.9. The fourth-order valence-corrected chi connectivity index (χ4v) is 3.36. The molecular formula is C19H24BrClN2O4. The number of carbonyl (C=O) groups excluding carboxylic acids is 3. The Bertz CT molecular complexity index is 678. The Labute approximate surface area is 172 Å². The van der Waals surface area contributed by atoms with Gasteiger partial charge in [-0.25, -0.2) is 0 Å². The third kappa shape index (κ3) is 8.30. The molecule has 0 heterocycles. The maximum atomic E-state index is 11.9. The number of halogens is 2. The molecule has 1 aromatic carbocycles. The summed E-state index contributed by atoms with van der Waals surface area (Å²) in [7, 11) is 0. The van der Waals surface area contributed by atoms with Gasteiger partial charge in [0.25, 0.3) is 5.91 Å². The van der Waals surface area contributed by atoms with Crippen LogP contribution in [0, 0.1) is 0 Å². The van der Waals surface area contributed by atoms with Gasteiger partial charge >= 0.3 is 5.97 Å². The summed E-state index contributed by atoms with van der Waals surface area (Å²) in [6, 6.07) is 5.26. The minimum Gasteiger partial charge on any atom is -0.456 e. The minimum absolute atomic E-state index is 0.0282. The van der Waals surface area contributed by atoms with Crippen molar-refractivity contribution < 1.29 is 19.1 Å². The first-order valence-electron chi connectivity index (χ1n) is 9.14. The molecule has 0 saturated heterocycles. The molecule has 0 radical (unpaired) electrons. The van der Waals surface area contributed by atoms with Crippen LogP contribution in [0.15, 0.2) is 22.7 Å². The lowest BCUT2D eigenvalue weighted by molar-refractivity contribution is -0.147. The van der Waals surface area contributed by atoms with Crippen molar-refractivity contribution in [3.05, 3.63) is 27.7 Å². The largest absolute Gasteiger partial charge is 0.456 e. The number of ether oxygens (including phenoxy) is 1. The highest BCUT2D eigenvalue weighted by atomic mass is 79.9. The second-order valence-electron chi connectivity index (χ2n) is 6.59. The SMILES string of the molecule is O=C(COC(=O)CCCC(=O)NC1CCCCC1)Nc1ccc(Br)c(Cl)c1. The zero-order valence-electron chi connectivity index (χ0n) is 15.1. The highest BCUT2D eigenvalue weighted by Gasteiger charge is 2.16. The summed E-state index contributed by atoms with van der Waals surface area (Å²) in [5.74, 6) is -0.971. The van der Waals surface area contributed by atoms with Crippen LogP contribution in [0.2, 0.25) is 5.02 Å². The van der Waals surface area contributed by atoms with Crippen LogP contribution in [-0.4, -0.2) is 30.4 Å². The summed E-state index contributed by atoms with van der Waals surface area (Å²) in [6.45, 7) is -0.374. The normalized spacial score (nSPS) is 14.4. The predicted octanol–water partition coefficient (Wildman–Crippen LogP) is 4.20. The fraction of sp³-hybridized carbons (Fsp3) is 0.526. The van der Waals surface area contributed by atoms with Gasteiger partial charge in [-0.1, -0.05) is 30.9 Å². The van der Waals surface area contributed by atoms with Crippen molar-refractivity contribution in [2.75, 3.05) is 11.9 Å². The molecule has 27 heavy (non-hydrogen) atoms. The number of rotatable bonds is 8. The van der Waals surface area contributed by atoms with Crippen LogP contribution in [-0.2, 0) is 19.1 Å². The van der Waals surface area contributed by atoms with E-state index in [1.807, 2.05) is 0 Å². The number of amides is 2. The van der Waals surface area contributed by atoms with E-state index in [1.165, 1.54) is 6.42 Å². The Kier molecular flexibility index (Phi) is 9.07. The molecule has 0 spiro atoms. The number of nitrogens with one attached hydrogen (secondary N) is 2. The lowest BCUT2D eigenvalue weighted by atomic mass is 9.95. The van der Waals surface area contributed by atoms with Crippen LogP contribution in [0.1, 0.15) is 51.4 Å². The Morgan fingerprint density at radius 1 is 1.11 bits per heavy atom. The predicted molar refractivity (Wildman–Crippen MR) is 108 cm³/mol. The number of anilines is 1. The van der Waals surface area contributed by atoms with E-state index < -0.39 is 11.9 Å². The van der Waals surface area contributed by atoms with Crippen molar-refractivity contribution in [2.45, 2.75) is 57.4 Å². The Morgan fingerprint density at radius 2 is 1.85 bits per heavy atom. The van der Waals surface area contributed by atoms with Crippen molar-refractivity contribution in [2.24, 2.45) is 0 Å². The molecule has 0 unspecified atom stereocenters. The van der Waals surface area contributed by atoms with E-state index in [0.29, 0.717) is 17.1 Å². The van der Waals surface area contributed by atoms with Crippen LogP contribution in [0.3, 0.4) is 0 Å². The Hall–Kier alpha value is -1.60. The Balaban J connectivity index is 1.58. The molecule has 1 aliphatic rings. The molecule has 0 bridgehead atoms. The highest BCUT2D eigenvalue weighted by molar-refractivity contribution is 9.10. The molecule has 148 valence electrons. The fourth-order valence-electron chi connectivity index (χ4n) is 2.93. The second-order valence-corrected chi connectivity index (χ2v) is 7.86. The molecule has 1 aromatic rings. The van der Waals surface area contributed by atoms with Gasteiger partial charge in [0.1, 0.15) is 0 Å². The highest BCUT2D eigenvalue weighted by Crippen LogP contribution is 2.25. The van der Waals surface area contributed by atoms with Crippen molar-refractivity contribution in [3.8, 4) is 0 Å². The van der Waals surface area contributed by atoms with E-state index in [4.69, 9.17) is 16.3 Å². The third-order valence-corrected chi connectivity index (χ3v) is 5.56. The number of hydrogen-bond acceptors (Lipinski definition) is 4. The quantitative estimate of drug-likeness (QED) is 0.571. The molecule has 8 heteroatoms. The monoisotopic (exact) mass is 458 g/mol. The molecule has 0 aliphatic heterocycles. The lowest BCUT2D eigenvalue weighted by Crippen LogP contribution is -2.36. The van der Waals surface area contributed by atoms with Crippen molar-refractivity contribution in [1.82, 2.24) is 5.32 Å². The van der Waals surface area contributed by atoms with Crippen molar-refractivity contribution in [1.29, 1.82) is 0 Å². The number of benzene rings is 1. The second kappa shape index (κ2) is 11.3. The summed E-state index contributed by atoms with van der Waals surface area (Å²) in [5.41, 5.74) is 0.517. The van der Waals surface area contributed by atoms with Crippen molar-refractivity contribution in [3.63, 3.8) is 0 Å². The maximum Gasteiger partial charge on any atom is 0.306 e. The topological polar surface area (TPSA) is 84.5 Å². The molecule has 1 fully saturated rings. The molecular weight excluding hydrogens is 436 g/mol. The summed E-state index contributed by atoms with van der Waals surface area (Å²) in [6.07, 6.45) is 6.42.